The van der Waals surface area contributed by atoms with Crippen LogP contribution in [0.3, 0.4) is 0 Å². The standard InChI is InChI=1S/C34H50N2O6.C12H19N3O.C2H4O2/c1-5-9-29(33(10-6-2)36-27-37)14-13-28(3)30-15-16-34(32-12-8-7-11-31(30)32)42-26-25-41-24-23-40-22-21-39-20-19-38-18-17-35-4;1-3-13-12(16)5-4-7-14-11-9-10(2)6-8-15-11;1-4-2-3/h7-9,11-16,27,33,35H,3,5-6,10,17-26H2,1-2,4H3,(H,36,37);6,8-9H,3-5,7H2,1-2H3,(H,13,16)(H,14,15);2H,1H3/b14-13-,29-9+;;. The summed E-state index contributed by atoms with van der Waals surface area (Å²) in [4.78, 5) is 35.4. The molecule has 0 aliphatic carbocycles. The first-order valence-electron chi connectivity index (χ1n) is 21.6. The Balaban J connectivity index is 0.000000790. The molecule has 0 fully saturated rings. The summed E-state index contributed by atoms with van der Waals surface area (Å²) in [5.74, 6) is 1.79. The van der Waals surface area contributed by atoms with Gasteiger partial charge >= 0.3 is 0 Å². The normalized spacial score (nSPS) is 11.4. The molecule has 1 atom stereocenters. The number of carbonyl (C=O) groups is 3. The van der Waals surface area contributed by atoms with Crippen molar-refractivity contribution in [1.82, 2.24) is 20.9 Å². The van der Waals surface area contributed by atoms with E-state index in [-0.39, 0.29) is 11.9 Å². The van der Waals surface area contributed by atoms with Crippen LogP contribution in [0.25, 0.3) is 16.3 Å². The fourth-order valence-electron chi connectivity index (χ4n) is 5.77. The molecule has 62 heavy (non-hydrogen) atoms. The Morgan fingerprint density at radius 2 is 1.48 bits per heavy atom. The highest BCUT2D eigenvalue weighted by molar-refractivity contribution is 5.98. The van der Waals surface area contributed by atoms with Gasteiger partial charge in [-0.2, -0.15) is 0 Å². The van der Waals surface area contributed by atoms with Gasteiger partial charge in [-0.05, 0) is 86.0 Å². The molecule has 0 radical (unpaired) electrons. The lowest BCUT2D eigenvalue weighted by molar-refractivity contribution is -0.126. The number of pyridine rings is 1. The molecule has 0 saturated carbocycles. The van der Waals surface area contributed by atoms with E-state index in [1.54, 1.807) is 6.20 Å². The first-order valence-corrected chi connectivity index (χ1v) is 21.6. The van der Waals surface area contributed by atoms with Crippen molar-refractivity contribution in [2.24, 2.45) is 0 Å². The number of hydrogen-bond acceptors (Lipinski definition) is 12. The van der Waals surface area contributed by atoms with Gasteiger partial charge in [-0.15, -0.1) is 0 Å². The van der Waals surface area contributed by atoms with Crippen molar-refractivity contribution < 1.29 is 42.8 Å². The number of benzene rings is 2. The lowest BCUT2D eigenvalue weighted by atomic mass is 9.96. The van der Waals surface area contributed by atoms with E-state index in [4.69, 9.17) is 28.5 Å². The summed E-state index contributed by atoms with van der Waals surface area (Å²) in [5.41, 5.74) is 4.21. The van der Waals surface area contributed by atoms with Crippen molar-refractivity contribution in [3.63, 3.8) is 0 Å². The summed E-state index contributed by atoms with van der Waals surface area (Å²) >= 11 is 0. The van der Waals surface area contributed by atoms with Crippen molar-refractivity contribution in [2.75, 3.05) is 98.6 Å². The van der Waals surface area contributed by atoms with Crippen molar-refractivity contribution in [1.29, 1.82) is 0 Å². The predicted octanol–water partition coefficient (Wildman–Crippen LogP) is 6.83. The SMILES string of the molecule is C=C(/C=C\C(=C/CC)C(CCC)NC=O)c1ccc(OCCOCCOCCOCCOCCNC)c2ccccc12.CCNC(=O)CCCNc1cc(C)ccn1.COC=O. The van der Waals surface area contributed by atoms with E-state index >= 15 is 0 Å². The highest BCUT2D eigenvalue weighted by Gasteiger charge is 2.12. The number of aryl methyl sites for hydroxylation is 1. The van der Waals surface area contributed by atoms with Crippen molar-refractivity contribution >= 4 is 41.0 Å². The number of aromatic nitrogens is 1. The van der Waals surface area contributed by atoms with Gasteiger partial charge in [-0.3, -0.25) is 14.4 Å². The van der Waals surface area contributed by atoms with Crippen molar-refractivity contribution in [3.05, 3.63) is 96.2 Å². The number of likely N-dealkylation sites (N-methyl/N-ethyl adjacent to an activating group) is 1. The Labute approximate surface area is 370 Å². The van der Waals surface area contributed by atoms with Gasteiger partial charge in [-0.25, -0.2) is 4.98 Å². The summed E-state index contributed by atoms with van der Waals surface area (Å²) < 4.78 is 32.0. The zero-order valence-electron chi connectivity index (χ0n) is 38.0. The van der Waals surface area contributed by atoms with Crippen LogP contribution in [0.1, 0.15) is 64.0 Å². The van der Waals surface area contributed by atoms with Crippen LogP contribution < -0.4 is 26.0 Å². The van der Waals surface area contributed by atoms with Gasteiger partial charge in [0.2, 0.25) is 12.3 Å². The van der Waals surface area contributed by atoms with E-state index < -0.39 is 0 Å². The number of anilines is 1. The second-order valence-electron chi connectivity index (χ2n) is 13.7. The van der Waals surface area contributed by atoms with Gasteiger partial charge in [0.25, 0.3) is 6.47 Å². The highest BCUT2D eigenvalue weighted by Crippen LogP contribution is 2.32. The van der Waals surface area contributed by atoms with Gasteiger partial charge in [0.05, 0.1) is 66.0 Å². The summed E-state index contributed by atoms with van der Waals surface area (Å²) in [5, 5.41) is 14.0. The molecule has 4 N–H and O–H groups in total. The Morgan fingerprint density at radius 1 is 0.839 bits per heavy atom. The third-order valence-corrected chi connectivity index (χ3v) is 8.77. The minimum absolute atomic E-state index is 0.00414. The zero-order valence-corrected chi connectivity index (χ0v) is 38.0. The molecule has 0 spiro atoms. The van der Waals surface area contributed by atoms with E-state index in [0.717, 1.165) is 84.2 Å². The smallest absolute Gasteiger partial charge is 0.292 e. The maximum atomic E-state index is 11.2. The maximum Gasteiger partial charge on any atom is 0.292 e. The Bertz CT molecular complexity index is 1720. The first-order chi connectivity index (χ1) is 30.3. The molecule has 2 aromatic carbocycles. The molecule has 3 rings (SSSR count). The molecule has 2 amide bonds. The molecular weight excluding hydrogens is 791 g/mol. The largest absolute Gasteiger partial charge is 0.491 e. The molecule has 0 saturated heterocycles. The molecule has 14 nitrogen and oxygen atoms in total. The number of allylic oxidation sites excluding steroid dienone is 3. The van der Waals surface area contributed by atoms with E-state index in [0.29, 0.717) is 78.9 Å². The predicted molar refractivity (Wildman–Crippen MR) is 250 cm³/mol. The van der Waals surface area contributed by atoms with Gasteiger partial charge in [0, 0.05) is 37.6 Å². The van der Waals surface area contributed by atoms with Crippen LogP contribution in [0.2, 0.25) is 0 Å². The van der Waals surface area contributed by atoms with Gasteiger partial charge in [0.15, 0.2) is 0 Å². The summed E-state index contributed by atoms with van der Waals surface area (Å²) in [6.07, 6.45) is 13.0. The topological polar surface area (TPSA) is 168 Å². The number of nitrogens with one attached hydrogen (secondary N) is 4. The van der Waals surface area contributed by atoms with Crippen LogP contribution in [0.5, 0.6) is 5.75 Å². The molecule has 3 aromatic rings. The Kier molecular flexibility index (Phi) is 33.3. The van der Waals surface area contributed by atoms with E-state index in [1.807, 2.05) is 63.4 Å². The lowest BCUT2D eigenvalue weighted by Crippen LogP contribution is -2.29. The van der Waals surface area contributed by atoms with E-state index in [2.05, 4.69) is 75.7 Å². The highest BCUT2D eigenvalue weighted by atomic mass is 16.6. The number of nitrogens with zero attached hydrogens (tertiary/aromatic N) is 1. The Morgan fingerprint density at radius 3 is 2.06 bits per heavy atom. The number of carbonyl (C=O) groups excluding carboxylic acids is 3. The first kappa shape index (κ1) is 54.9. The van der Waals surface area contributed by atoms with Crippen molar-refractivity contribution in [3.8, 4) is 5.75 Å². The minimum Gasteiger partial charge on any atom is -0.491 e. The third-order valence-electron chi connectivity index (χ3n) is 8.77. The molecule has 0 aliphatic heterocycles. The summed E-state index contributed by atoms with van der Waals surface area (Å²) in [7, 11) is 3.21. The Hall–Kier alpha value is -5.12. The van der Waals surface area contributed by atoms with Gasteiger partial charge in [-0.1, -0.05) is 75.4 Å². The quantitative estimate of drug-likeness (QED) is 0.0294. The van der Waals surface area contributed by atoms with Crippen LogP contribution in [-0.2, 0) is 38.1 Å². The van der Waals surface area contributed by atoms with Crippen LogP contribution in [0.15, 0.2) is 85.1 Å². The van der Waals surface area contributed by atoms with Crippen LogP contribution >= 0.6 is 0 Å². The number of hydrogen-bond donors (Lipinski definition) is 4. The molecular formula is C48H73N5O9. The molecule has 1 aromatic heterocycles. The summed E-state index contributed by atoms with van der Waals surface area (Å²) in [6, 6.07) is 16.2. The second kappa shape index (κ2) is 37.6. The van der Waals surface area contributed by atoms with E-state index in [9.17, 15) is 9.59 Å². The van der Waals surface area contributed by atoms with Crippen LogP contribution in [-0.4, -0.2) is 123 Å². The number of rotatable bonds is 32. The number of fused-ring (bicyclic) bond motifs is 1. The molecule has 1 unspecified atom stereocenters. The molecule has 0 bridgehead atoms. The maximum absolute atomic E-state index is 11.2. The van der Waals surface area contributed by atoms with Crippen LogP contribution in [0, 0.1) is 6.92 Å². The third kappa shape index (κ3) is 25.6. The number of methoxy groups -OCH3 is 1. The molecule has 14 heteroatoms. The number of amides is 2. The number of ether oxygens (including phenoxy) is 6. The zero-order chi connectivity index (χ0) is 45.5. The molecule has 1 heterocycles. The fourth-order valence-corrected chi connectivity index (χ4v) is 5.77. The second-order valence-corrected chi connectivity index (χ2v) is 13.7. The molecule has 344 valence electrons. The minimum atomic E-state index is -0.00414. The lowest BCUT2D eigenvalue weighted by Gasteiger charge is -2.17. The molecule has 0 aliphatic rings. The van der Waals surface area contributed by atoms with Crippen molar-refractivity contribution in [2.45, 2.75) is 65.8 Å². The summed E-state index contributed by atoms with van der Waals surface area (Å²) in [6.45, 7) is 20.0. The average molecular weight is 864 g/mol. The van der Waals surface area contributed by atoms with Gasteiger partial charge < -0.3 is 49.7 Å². The van der Waals surface area contributed by atoms with Gasteiger partial charge in [0.1, 0.15) is 18.2 Å². The van der Waals surface area contributed by atoms with Crippen LogP contribution in [0.4, 0.5) is 5.82 Å². The van der Waals surface area contributed by atoms with E-state index in [1.165, 1.54) is 12.7 Å². The monoisotopic (exact) mass is 864 g/mol. The fraction of sp³-hybridized carbons (Fsp3) is 0.500. The average Bonchev–Trinajstić information content (AvgIpc) is 3.28.